The van der Waals surface area contributed by atoms with Crippen molar-refractivity contribution in [3.63, 3.8) is 0 Å². The Morgan fingerprint density at radius 1 is 1.23 bits per heavy atom. The second kappa shape index (κ2) is 6.82. The number of hydrogen-bond donors (Lipinski definition) is 2. The number of nitrogens with one attached hydrogen (secondary N) is 1. The second-order valence-electron chi connectivity index (χ2n) is 4.87. The molecule has 0 radical (unpaired) electrons. The van der Waals surface area contributed by atoms with Crippen molar-refractivity contribution in [1.29, 1.82) is 0 Å². The van der Waals surface area contributed by atoms with E-state index in [1.807, 2.05) is 12.1 Å². The number of nitrogens with zero attached hydrogens (tertiary/aromatic N) is 1. The lowest BCUT2D eigenvalue weighted by Gasteiger charge is -2.09. The number of aliphatic hydroxyl groups excluding tert-OH is 1. The quantitative estimate of drug-likeness (QED) is 0.654. The van der Waals surface area contributed by atoms with Crippen LogP contribution >= 0.6 is 0 Å². The van der Waals surface area contributed by atoms with Crippen LogP contribution < -0.4 is 5.32 Å². The standard InChI is InChI=1S/C16H16N2O4/c1-11-6-7-12(8-15(11)18(21)22)16(20)17-9-13-4-2-3-5-14(13)10-19/h2-8,19H,9-10H2,1H3,(H,17,20). The molecule has 2 aromatic rings. The first-order valence-electron chi connectivity index (χ1n) is 6.74. The van der Waals surface area contributed by atoms with Gasteiger partial charge in [0.15, 0.2) is 0 Å². The average molecular weight is 300 g/mol. The molecule has 114 valence electrons. The molecule has 0 aliphatic carbocycles. The minimum Gasteiger partial charge on any atom is -0.392 e. The van der Waals surface area contributed by atoms with Crippen LogP contribution in [0.15, 0.2) is 42.5 Å². The molecule has 0 heterocycles. The Morgan fingerprint density at radius 3 is 2.55 bits per heavy atom. The number of nitro benzene ring substituents is 1. The lowest BCUT2D eigenvalue weighted by atomic mass is 10.1. The van der Waals surface area contributed by atoms with Gasteiger partial charge in [0.1, 0.15) is 0 Å². The fraction of sp³-hybridized carbons (Fsp3) is 0.188. The van der Waals surface area contributed by atoms with E-state index in [0.29, 0.717) is 5.56 Å². The minimum absolute atomic E-state index is 0.0802. The van der Waals surface area contributed by atoms with Crippen LogP contribution in [0.5, 0.6) is 0 Å². The molecule has 0 atom stereocenters. The van der Waals surface area contributed by atoms with E-state index in [-0.39, 0.29) is 24.4 Å². The summed E-state index contributed by atoms with van der Waals surface area (Å²) < 4.78 is 0. The summed E-state index contributed by atoms with van der Waals surface area (Å²) in [6, 6.07) is 11.6. The highest BCUT2D eigenvalue weighted by atomic mass is 16.6. The summed E-state index contributed by atoms with van der Waals surface area (Å²) in [5.74, 6) is -0.393. The molecule has 0 fully saturated rings. The van der Waals surface area contributed by atoms with E-state index in [0.717, 1.165) is 11.1 Å². The van der Waals surface area contributed by atoms with Crippen molar-refractivity contribution in [2.24, 2.45) is 0 Å². The summed E-state index contributed by atoms with van der Waals surface area (Å²) in [6.45, 7) is 1.76. The Morgan fingerprint density at radius 2 is 1.91 bits per heavy atom. The van der Waals surface area contributed by atoms with E-state index in [4.69, 9.17) is 0 Å². The number of amides is 1. The zero-order valence-corrected chi connectivity index (χ0v) is 12.1. The second-order valence-corrected chi connectivity index (χ2v) is 4.87. The third-order valence-corrected chi connectivity index (χ3v) is 3.40. The van der Waals surface area contributed by atoms with Gasteiger partial charge in [-0.2, -0.15) is 0 Å². The first-order chi connectivity index (χ1) is 10.5. The van der Waals surface area contributed by atoms with Crippen molar-refractivity contribution in [3.05, 3.63) is 74.8 Å². The maximum Gasteiger partial charge on any atom is 0.273 e. The summed E-state index contributed by atoms with van der Waals surface area (Å²) in [7, 11) is 0. The Kier molecular flexibility index (Phi) is 4.85. The normalized spacial score (nSPS) is 10.3. The van der Waals surface area contributed by atoms with E-state index < -0.39 is 10.8 Å². The molecular formula is C16H16N2O4. The summed E-state index contributed by atoms with van der Waals surface area (Å²) in [5, 5.41) is 22.8. The highest BCUT2D eigenvalue weighted by molar-refractivity contribution is 5.94. The average Bonchev–Trinajstić information content (AvgIpc) is 2.53. The molecule has 0 bridgehead atoms. The molecule has 0 aliphatic rings. The first-order valence-corrected chi connectivity index (χ1v) is 6.74. The van der Waals surface area contributed by atoms with E-state index in [2.05, 4.69) is 5.32 Å². The minimum atomic E-state index is -0.507. The number of carbonyl (C=O) groups excluding carboxylic acids is 1. The fourth-order valence-electron chi connectivity index (χ4n) is 2.11. The van der Waals surface area contributed by atoms with E-state index in [9.17, 15) is 20.0 Å². The van der Waals surface area contributed by atoms with Gasteiger partial charge in [0.25, 0.3) is 11.6 Å². The molecule has 0 saturated carbocycles. The van der Waals surface area contributed by atoms with Crippen molar-refractivity contribution in [3.8, 4) is 0 Å². The number of aryl methyl sites for hydroxylation is 1. The summed E-state index contributed by atoms with van der Waals surface area (Å²) in [5.41, 5.74) is 2.20. The number of rotatable bonds is 5. The van der Waals surface area contributed by atoms with Gasteiger partial charge in [-0.3, -0.25) is 14.9 Å². The molecule has 0 saturated heterocycles. The molecule has 0 aliphatic heterocycles. The van der Waals surface area contributed by atoms with E-state index in [1.165, 1.54) is 6.07 Å². The molecule has 6 heteroatoms. The topological polar surface area (TPSA) is 92.5 Å². The number of benzene rings is 2. The SMILES string of the molecule is Cc1ccc(C(=O)NCc2ccccc2CO)cc1[N+](=O)[O-]. The van der Waals surface area contributed by atoms with Crippen molar-refractivity contribution >= 4 is 11.6 Å². The van der Waals surface area contributed by atoms with Crippen molar-refractivity contribution < 1.29 is 14.8 Å². The Balaban J connectivity index is 2.13. The smallest absolute Gasteiger partial charge is 0.273 e. The molecule has 0 spiro atoms. The predicted octanol–water partition coefficient (Wildman–Crippen LogP) is 2.33. The molecular weight excluding hydrogens is 284 g/mol. The Labute approximate surface area is 127 Å². The number of hydrogen-bond acceptors (Lipinski definition) is 4. The van der Waals surface area contributed by atoms with Gasteiger partial charge in [-0.1, -0.05) is 30.3 Å². The van der Waals surface area contributed by atoms with Crippen LogP contribution in [0.2, 0.25) is 0 Å². The molecule has 0 unspecified atom stereocenters. The number of carbonyl (C=O) groups is 1. The monoisotopic (exact) mass is 300 g/mol. The summed E-state index contributed by atoms with van der Waals surface area (Å²) >= 11 is 0. The predicted molar refractivity (Wildman–Crippen MR) is 81.4 cm³/mol. The van der Waals surface area contributed by atoms with Gasteiger partial charge >= 0.3 is 0 Å². The van der Waals surface area contributed by atoms with Gasteiger partial charge in [-0.15, -0.1) is 0 Å². The maximum atomic E-state index is 12.1. The first kappa shape index (κ1) is 15.7. The van der Waals surface area contributed by atoms with Gasteiger partial charge < -0.3 is 10.4 Å². The Hall–Kier alpha value is -2.73. The molecule has 2 N–H and O–H groups in total. The van der Waals surface area contributed by atoms with Crippen LogP contribution in [0.3, 0.4) is 0 Å². The Bertz CT molecular complexity index is 713. The van der Waals surface area contributed by atoms with Crippen LogP contribution in [0.25, 0.3) is 0 Å². The van der Waals surface area contributed by atoms with Crippen molar-refractivity contribution in [1.82, 2.24) is 5.32 Å². The van der Waals surface area contributed by atoms with Crippen LogP contribution in [0, 0.1) is 17.0 Å². The van der Waals surface area contributed by atoms with E-state index >= 15 is 0 Å². The highest BCUT2D eigenvalue weighted by Crippen LogP contribution is 2.19. The largest absolute Gasteiger partial charge is 0.392 e. The zero-order chi connectivity index (χ0) is 16.1. The van der Waals surface area contributed by atoms with Crippen molar-refractivity contribution in [2.75, 3.05) is 0 Å². The summed E-state index contributed by atoms with van der Waals surface area (Å²) in [4.78, 5) is 22.5. The van der Waals surface area contributed by atoms with Crippen molar-refractivity contribution in [2.45, 2.75) is 20.1 Å². The van der Waals surface area contributed by atoms with Crippen LogP contribution in [-0.2, 0) is 13.2 Å². The molecule has 2 aromatic carbocycles. The zero-order valence-electron chi connectivity index (χ0n) is 12.1. The van der Waals surface area contributed by atoms with Gasteiger partial charge in [0.05, 0.1) is 11.5 Å². The van der Waals surface area contributed by atoms with E-state index in [1.54, 1.807) is 31.2 Å². The third-order valence-electron chi connectivity index (χ3n) is 3.40. The lowest BCUT2D eigenvalue weighted by Crippen LogP contribution is -2.23. The summed E-state index contributed by atoms with van der Waals surface area (Å²) in [6.07, 6.45) is 0. The molecule has 0 aromatic heterocycles. The van der Waals surface area contributed by atoms with Gasteiger partial charge in [0.2, 0.25) is 0 Å². The van der Waals surface area contributed by atoms with Crippen LogP contribution in [0.4, 0.5) is 5.69 Å². The molecule has 2 rings (SSSR count). The van der Waals surface area contributed by atoms with Gasteiger partial charge in [-0.25, -0.2) is 0 Å². The number of aliphatic hydroxyl groups is 1. The van der Waals surface area contributed by atoms with Gasteiger partial charge in [0, 0.05) is 23.7 Å². The van der Waals surface area contributed by atoms with Gasteiger partial charge in [-0.05, 0) is 24.1 Å². The van der Waals surface area contributed by atoms with Crippen LogP contribution in [-0.4, -0.2) is 15.9 Å². The fourth-order valence-corrected chi connectivity index (χ4v) is 2.11. The third kappa shape index (κ3) is 3.48. The molecule has 1 amide bonds. The lowest BCUT2D eigenvalue weighted by molar-refractivity contribution is -0.385. The maximum absolute atomic E-state index is 12.1. The highest BCUT2D eigenvalue weighted by Gasteiger charge is 2.15. The number of nitro groups is 1. The van der Waals surface area contributed by atoms with Crippen LogP contribution in [0.1, 0.15) is 27.0 Å². The molecule has 22 heavy (non-hydrogen) atoms. The molecule has 6 nitrogen and oxygen atoms in total.